The van der Waals surface area contributed by atoms with Crippen LogP contribution in [-0.4, -0.2) is 36.5 Å². The highest BCUT2D eigenvalue weighted by atomic mass is 19.1. The Morgan fingerprint density at radius 3 is 2.38 bits per heavy atom. The van der Waals surface area contributed by atoms with Crippen LogP contribution >= 0.6 is 0 Å². The molecule has 21 heavy (non-hydrogen) atoms. The fourth-order valence-corrected chi connectivity index (χ4v) is 1.96. The summed E-state index contributed by atoms with van der Waals surface area (Å²) in [7, 11) is 0. The van der Waals surface area contributed by atoms with Gasteiger partial charge in [0.05, 0.1) is 13.0 Å². The zero-order valence-corrected chi connectivity index (χ0v) is 12.6. The fraction of sp³-hybridized carbons (Fsp3) is 0.500. The van der Waals surface area contributed by atoms with Crippen LogP contribution in [0.1, 0.15) is 32.3 Å². The van der Waals surface area contributed by atoms with Gasteiger partial charge in [-0.15, -0.1) is 0 Å². The molecule has 1 aromatic carbocycles. The van der Waals surface area contributed by atoms with Crippen LogP contribution in [0.5, 0.6) is 0 Å². The summed E-state index contributed by atoms with van der Waals surface area (Å²) in [6.07, 6.45) is 1.23. The fourth-order valence-electron chi connectivity index (χ4n) is 1.96. The van der Waals surface area contributed by atoms with Gasteiger partial charge in [0.15, 0.2) is 0 Å². The van der Waals surface area contributed by atoms with E-state index in [0.29, 0.717) is 32.5 Å². The van der Waals surface area contributed by atoms with E-state index in [1.54, 1.807) is 30.9 Å². The zero-order valence-electron chi connectivity index (χ0n) is 12.6. The summed E-state index contributed by atoms with van der Waals surface area (Å²) in [5, 5.41) is 0. The Kier molecular flexibility index (Phi) is 7.43. The Bertz CT molecular complexity index is 459. The molecular formula is C16H22FNO3. The molecule has 0 bridgehead atoms. The third kappa shape index (κ3) is 6.38. The second-order valence-electron chi connectivity index (χ2n) is 4.67. The Hall–Kier alpha value is -1.91. The van der Waals surface area contributed by atoms with E-state index in [1.807, 2.05) is 0 Å². The molecule has 0 aliphatic heterocycles. The van der Waals surface area contributed by atoms with E-state index in [-0.39, 0.29) is 24.1 Å². The number of nitrogens with zero attached hydrogens (tertiary/aromatic N) is 1. The van der Waals surface area contributed by atoms with Crippen LogP contribution < -0.4 is 0 Å². The summed E-state index contributed by atoms with van der Waals surface area (Å²) in [6, 6.07) is 6.21. The van der Waals surface area contributed by atoms with Gasteiger partial charge in [0.2, 0.25) is 5.91 Å². The second kappa shape index (κ2) is 9.10. The number of esters is 1. The number of halogens is 1. The average Bonchev–Trinajstić information content (AvgIpc) is 2.48. The minimum atomic E-state index is -0.298. The lowest BCUT2D eigenvalue weighted by Crippen LogP contribution is -2.34. The molecule has 0 heterocycles. The molecular weight excluding hydrogens is 273 g/mol. The van der Waals surface area contributed by atoms with Gasteiger partial charge in [-0.05, 0) is 31.0 Å². The van der Waals surface area contributed by atoms with Crippen LogP contribution in [0.15, 0.2) is 24.3 Å². The molecule has 0 radical (unpaired) electrons. The molecule has 0 saturated carbocycles. The lowest BCUT2D eigenvalue weighted by Gasteiger charge is -2.22. The first-order valence-electron chi connectivity index (χ1n) is 7.24. The van der Waals surface area contributed by atoms with Crippen molar-refractivity contribution in [2.75, 3.05) is 19.7 Å². The molecule has 0 aliphatic carbocycles. The topological polar surface area (TPSA) is 46.6 Å². The van der Waals surface area contributed by atoms with Gasteiger partial charge in [0.25, 0.3) is 0 Å². The van der Waals surface area contributed by atoms with E-state index in [0.717, 1.165) is 5.56 Å². The molecule has 0 N–H and O–H groups in total. The monoisotopic (exact) mass is 295 g/mol. The lowest BCUT2D eigenvalue weighted by molar-refractivity contribution is -0.144. The number of hydrogen-bond donors (Lipinski definition) is 0. The van der Waals surface area contributed by atoms with Gasteiger partial charge in [0.1, 0.15) is 5.82 Å². The van der Waals surface area contributed by atoms with Gasteiger partial charge in [-0.2, -0.15) is 0 Å². The highest BCUT2D eigenvalue weighted by Crippen LogP contribution is 2.06. The van der Waals surface area contributed by atoms with Crippen molar-refractivity contribution in [3.8, 4) is 0 Å². The number of carbonyl (C=O) groups is 2. The minimum absolute atomic E-state index is 0.00131. The first-order chi connectivity index (χ1) is 10.1. The third-order valence-electron chi connectivity index (χ3n) is 3.13. The van der Waals surface area contributed by atoms with Gasteiger partial charge in [-0.25, -0.2) is 4.39 Å². The van der Waals surface area contributed by atoms with Crippen molar-refractivity contribution in [1.29, 1.82) is 0 Å². The average molecular weight is 295 g/mol. The predicted octanol–water partition coefficient (Wildman–Crippen LogP) is 2.56. The predicted molar refractivity (Wildman–Crippen MR) is 78.2 cm³/mol. The Morgan fingerprint density at radius 2 is 1.81 bits per heavy atom. The molecule has 1 rings (SSSR count). The maximum absolute atomic E-state index is 12.8. The minimum Gasteiger partial charge on any atom is -0.466 e. The van der Waals surface area contributed by atoms with Gasteiger partial charge >= 0.3 is 5.97 Å². The SMILES string of the molecule is CCOC(=O)CCN(CCc1ccc(F)cc1)C(=O)CC. The molecule has 0 fully saturated rings. The van der Waals surface area contributed by atoms with Crippen molar-refractivity contribution in [1.82, 2.24) is 4.90 Å². The van der Waals surface area contributed by atoms with Crippen LogP contribution in [0.25, 0.3) is 0 Å². The third-order valence-corrected chi connectivity index (χ3v) is 3.13. The Morgan fingerprint density at radius 1 is 1.14 bits per heavy atom. The summed E-state index contributed by atoms with van der Waals surface area (Å²) >= 11 is 0. The van der Waals surface area contributed by atoms with E-state index < -0.39 is 0 Å². The van der Waals surface area contributed by atoms with E-state index in [4.69, 9.17) is 4.74 Å². The molecule has 4 nitrogen and oxygen atoms in total. The van der Waals surface area contributed by atoms with Crippen molar-refractivity contribution < 1.29 is 18.7 Å². The molecule has 0 unspecified atom stereocenters. The van der Waals surface area contributed by atoms with Gasteiger partial charge in [-0.3, -0.25) is 9.59 Å². The van der Waals surface area contributed by atoms with E-state index in [9.17, 15) is 14.0 Å². The standard InChI is InChI=1S/C16H22FNO3/c1-3-15(19)18(12-10-16(20)21-4-2)11-9-13-5-7-14(17)8-6-13/h5-8H,3-4,9-12H2,1-2H3. The number of benzene rings is 1. The Balaban J connectivity index is 2.51. The van der Waals surface area contributed by atoms with Crippen molar-refractivity contribution in [3.05, 3.63) is 35.6 Å². The van der Waals surface area contributed by atoms with Crippen molar-refractivity contribution in [2.24, 2.45) is 0 Å². The van der Waals surface area contributed by atoms with Crippen molar-refractivity contribution in [3.63, 3.8) is 0 Å². The summed E-state index contributed by atoms with van der Waals surface area (Å²) in [6.45, 7) is 4.75. The molecule has 0 aliphatic rings. The maximum atomic E-state index is 12.8. The second-order valence-corrected chi connectivity index (χ2v) is 4.67. The number of amides is 1. The molecule has 0 saturated heterocycles. The molecule has 116 valence electrons. The normalized spacial score (nSPS) is 10.2. The largest absolute Gasteiger partial charge is 0.466 e. The number of hydrogen-bond acceptors (Lipinski definition) is 3. The summed E-state index contributed by atoms with van der Waals surface area (Å²) in [5.41, 5.74) is 0.960. The highest BCUT2D eigenvalue weighted by molar-refractivity contribution is 5.77. The van der Waals surface area contributed by atoms with E-state index in [1.165, 1.54) is 12.1 Å². The number of ether oxygens (including phenoxy) is 1. The smallest absolute Gasteiger partial charge is 0.307 e. The van der Waals surface area contributed by atoms with Crippen molar-refractivity contribution >= 4 is 11.9 Å². The van der Waals surface area contributed by atoms with Crippen LogP contribution in [0, 0.1) is 5.82 Å². The molecule has 5 heteroatoms. The van der Waals surface area contributed by atoms with Crippen LogP contribution in [0.3, 0.4) is 0 Å². The summed E-state index contributed by atoms with van der Waals surface area (Å²) < 4.78 is 17.7. The molecule has 0 aromatic heterocycles. The zero-order chi connectivity index (χ0) is 15.7. The van der Waals surface area contributed by atoms with Gasteiger partial charge < -0.3 is 9.64 Å². The first-order valence-corrected chi connectivity index (χ1v) is 7.24. The number of carbonyl (C=O) groups excluding carboxylic acids is 2. The highest BCUT2D eigenvalue weighted by Gasteiger charge is 2.13. The van der Waals surface area contributed by atoms with Gasteiger partial charge in [-0.1, -0.05) is 19.1 Å². The van der Waals surface area contributed by atoms with Crippen LogP contribution in [0.4, 0.5) is 4.39 Å². The molecule has 0 spiro atoms. The summed E-state index contributed by atoms with van der Waals surface area (Å²) in [4.78, 5) is 24.9. The van der Waals surface area contributed by atoms with Crippen LogP contribution in [0.2, 0.25) is 0 Å². The van der Waals surface area contributed by atoms with Gasteiger partial charge in [0, 0.05) is 19.5 Å². The van der Waals surface area contributed by atoms with E-state index >= 15 is 0 Å². The van der Waals surface area contributed by atoms with E-state index in [2.05, 4.69) is 0 Å². The Labute approximate surface area is 124 Å². The number of rotatable bonds is 8. The quantitative estimate of drug-likeness (QED) is 0.692. The summed E-state index contributed by atoms with van der Waals surface area (Å²) in [5.74, 6) is -0.572. The van der Waals surface area contributed by atoms with Crippen LogP contribution in [-0.2, 0) is 20.7 Å². The molecule has 0 atom stereocenters. The molecule has 1 amide bonds. The first kappa shape index (κ1) is 17.1. The van der Waals surface area contributed by atoms with Crippen molar-refractivity contribution in [2.45, 2.75) is 33.1 Å². The lowest BCUT2D eigenvalue weighted by atomic mass is 10.1. The molecule has 1 aromatic rings. The maximum Gasteiger partial charge on any atom is 0.307 e.